The molecule has 0 aromatic carbocycles. The van der Waals surface area contributed by atoms with Crippen molar-refractivity contribution in [3.8, 4) is 6.07 Å². The molecule has 1 unspecified atom stereocenters. The van der Waals surface area contributed by atoms with E-state index in [2.05, 4.69) is 12.2 Å². The number of carbonyl (C=O) groups is 1. The fourth-order valence-corrected chi connectivity index (χ4v) is 1.31. The normalized spacial score (nSPS) is 19.9. The molecule has 1 amide bonds. The molecule has 0 bridgehead atoms. The largest absolute Gasteiger partial charge is 0.354 e. The lowest BCUT2D eigenvalue weighted by Crippen LogP contribution is -2.35. The van der Waals surface area contributed by atoms with E-state index in [1.54, 1.807) is 0 Å². The Morgan fingerprint density at radius 3 is 2.50 bits per heavy atom. The molecule has 1 rings (SSSR count). The molecule has 0 heterocycles. The standard InChI is InChI=1S/C11H18N2O/c1-8(2)9(6-12)10(14)13-7-11(3)4-5-11/h8-9H,4-5,7H2,1-3H3,(H,13,14). The second-order valence-electron chi connectivity index (χ2n) is 4.88. The molecular weight excluding hydrogens is 176 g/mol. The van der Waals surface area contributed by atoms with Crippen molar-refractivity contribution < 1.29 is 4.79 Å². The minimum atomic E-state index is -0.502. The topological polar surface area (TPSA) is 52.9 Å². The Hall–Kier alpha value is -1.04. The van der Waals surface area contributed by atoms with Crippen LogP contribution in [0.2, 0.25) is 0 Å². The summed E-state index contributed by atoms with van der Waals surface area (Å²) in [6.45, 7) is 6.67. The smallest absolute Gasteiger partial charge is 0.237 e. The van der Waals surface area contributed by atoms with Gasteiger partial charge in [-0.2, -0.15) is 5.26 Å². The zero-order chi connectivity index (χ0) is 10.8. The highest BCUT2D eigenvalue weighted by Crippen LogP contribution is 2.44. The van der Waals surface area contributed by atoms with Crippen molar-refractivity contribution in [3.05, 3.63) is 0 Å². The number of amides is 1. The van der Waals surface area contributed by atoms with Gasteiger partial charge < -0.3 is 5.32 Å². The minimum absolute atomic E-state index is 0.0898. The highest BCUT2D eigenvalue weighted by Gasteiger charge is 2.37. The number of hydrogen-bond donors (Lipinski definition) is 1. The number of hydrogen-bond acceptors (Lipinski definition) is 2. The van der Waals surface area contributed by atoms with Crippen molar-refractivity contribution >= 4 is 5.91 Å². The summed E-state index contributed by atoms with van der Waals surface area (Å²) in [4.78, 5) is 11.6. The lowest BCUT2D eigenvalue weighted by Gasteiger charge is -2.15. The summed E-state index contributed by atoms with van der Waals surface area (Å²) in [6, 6.07) is 2.05. The zero-order valence-electron chi connectivity index (χ0n) is 9.13. The summed E-state index contributed by atoms with van der Waals surface area (Å²) in [6.07, 6.45) is 2.37. The van der Waals surface area contributed by atoms with Gasteiger partial charge in [-0.1, -0.05) is 20.8 Å². The van der Waals surface area contributed by atoms with Crippen LogP contribution in [-0.2, 0) is 4.79 Å². The van der Waals surface area contributed by atoms with Crippen LogP contribution in [0.25, 0.3) is 0 Å². The monoisotopic (exact) mass is 194 g/mol. The Kier molecular flexibility index (Phi) is 3.15. The van der Waals surface area contributed by atoms with E-state index < -0.39 is 5.92 Å². The van der Waals surface area contributed by atoms with Crippen LogP contribution in [0.5, 0.6) is 0 Å². The molecule has 78 valence electrons. The first-order chi connectivity index (χ1) is 6.48. The molecule has 14 heavy (non-hydrogen) atoms. The Morgan fingerprint density at radius 2 is 2.14 bits per heavy atom. The van der Waals surface area contributed by atoms with Crippen LogP contribution in [0.4, 0.5) is 0 Å². The third-order valence-corrected chi connectivity index (χ3v) is 2.88. The molecule has 1 N–H and O–H groups in total. The van der Waals surface area contributed by atoms with E-state index >= 15 is 0 Å². The maximum absolute atomic E-state index is 11.6. The first-order valence-electron chi connectivity index (χ1n) is 5.16. The van der Waals surface area contributed by atoms with Gasteiger partial charge in [0.2, 0.25) is 5.91 Å². The van der Waals surface area contributed by atoms with Gasteiger partial charge in [0.05, 0.1) is 6.07 Å². The van der Waals surface area contributed by atoms with Gasteiger partial charge in [0, 0.05) is 6.54 Å². The average molecular weight is 194 g/mol. The second-order valence-corrected chi connectivity index (χ2v) is 4.88. The first-order valence-corrected chi connectivity index (χ1v) is 5.16. The molecule has 0 aromatic heterocycles. The van der Waals surface area contributed by atoms with Crippen molar-refractivity contribution in [2.75, 3.05) is 6.54 Å². The molecule has 1 saturated carbocycles. The molecule has 0 radical (unpaired) electrons. The summed E-state index contributed by atoms with van der Waals surface area (Å²) in [7, 11) is 0. The van der Waals surface area contributed by atoms with Gasteiger partial charge in [0.25, 0.3) is 0 Å². The molecule has 0 aromatic rings. The number of nitrogens with one attached hydrogen (secondary N) is 1. The average Bonchev–Trinajstić information content (AvgIpc) is 2.82. The SMILES string of the molecule is CC(C)C(C#N)C(=O)NCC1(C)CC1. The van der Waals surface area contributed by atoms with Crippen LogP contribution in [0.1, 0.15) is 33.6 Å². The van der Waals surface area contributed by atoms with Crippen molar-refractivity contribution in [1.29, 1.82) is 5.26 Å². The Bertz CT molecular complexity index is 261. The fraction of sp³-hybridized carbons (Fsp3) is 0.818. The molecule has 1 aliphatic rings. The molecule has 1 atom stereocenters. The van der Waals surface area contributed by atoms with Gasteiger partial charge in [0.1, 0.15) is 5.92 Å². The van der Waals surface area contributed by atoms with Crippen LogP contribution in [0.3, 0.4) is 0 Å². The van der Waals surface area contributed by atoms with Gasteiger partial charge in [-0.15, -0.1) is 0 Å². The fourth-order valence-electron chi connectivity index (χ4n) is 1.31. The first kappa shape index (κ1) is 11.0. The van der Waals surface area contributed by atoms with Gasteiger partial charge in [-0.3, -0.25) is 4.79 Å². The van der Waals surface area contributed by atoms with Crippen LogP contribution in [-0.4, -0.2) is 12.5 Å². The quantitative estimate of drug-likeness (QED) is 0.740. The van der Waals surface area contributed by atoms with E-state index in [-0.39, 0.29) is 11.8 Å². The van der Waals surface area contributed by atoms with Crippen molar-refractivity contribution in [1.82, 2.24) is 5.32 Å². The summed E-state index contributed by atoms with van der Waals surface area (Å²) < 4.78 is 0. The Labute approximate surface area is 85.5 Å². The third-order valence-electron chi connectivity index (χ3n) is 2.88. The van der Waals surface area contributed by atoms with Crippen LogP contribution in [0.15, 0.2) is 0 Å². The van der Waals surface area contributed by atoms with Gasteiger partial charge in [-0.05, 0) is 24.2 Å². The van der Waals surface area contributed by atoms with E-state index in [4.69, 9.17) is 5.26 Å². The van der Waals surface area contributed by atoms with Crippen molar-refractivity contribution in [2.24, 2.45) is 17.3 Å². The number of nitriles is 1. The highest BCUT2D eigenvalue weighted by atomic mass is 16.1. The lowest BCUT2D eigenvalue weighted by molar-refractivity contribution is -0.124. The number of carbonyl (C=O) groups excluding carboxylic acids is 1. The molecule has 1 aliphatic carbocycles. The maximum atomic E-state index is 11.6. The predicted octanol–water partition coefficient (Wildman–Crippen LogP) is 1.70. The van der Waals surface area contributed by atoms with E-state index in [1.807, 2.05) is 19.9 Å². The molecule has 1 fully saturated rings. The summed E-state index contributed by atoms with van der Waals surface area (Å²) in [5.74, 6) is -0.528. The Morgan fingerprint density at radius 1 is 1.57 bits per heavy atom. The van der Waals surface area contributed by atoms with E-state index in [0.29, 0.717) is 5.41 Å². The van der Waals surface area contributed by atoms with E-state index in [0.717, 1.165) is 6.54 Å². The van der Waals surface area contributed by atoms with Gasteiger partial charge in [0.15, 0.2) is 0 Å². The predicted molar refractivity (Wildman–Crippen MR) is 54.3 cm³/mol. The summed E-state index contributed by atoms with van der Waals surface area (Å²) in [5.41, 5.74) is 0.312. The molecule has 3 nitrogen and oxygen atoms in total. The highest BCUT2D eigenvalue weighted by molar-refractivity contribution is 5.81. The van der Waals surface area contributed by atoms with Gasteiger partial charge >= 0.3 is 0 Å². The number of rotatable bonds is 4. The molecule has 0 spiro atoms. The number of nitrogens with zero attached hydrogens (tertiary/aromatic N) is 1. The molecule has 0 aliphatic heterocycles. The molecule has 0 saturated heterocycles. The minimum Gasteiger partial charge on any atom is -0.354 e. The second kappa shape index (κ2) is 4.00. The van der Waals surface area contributed by atoms with Crippen LogP contribution >= 0.6 is 0 Å². The van der Waals surface area contributed by atoms with E-state index in [1.165, 1.54) is 12.8 Å². The molecular formula is C11H18N2O. The summed E-state index contributed by atoms with van der Waals surface area (Å²) in [5, 5.41) is 11.7. The van der Waals surface area contributed by atoms with Crippen molar-refractivity contribution in [2.45, 2.75) is 33.6 Å². The lowest BCUT2D eigenvalue weighted by atomic mass is 9.96. The van der Waals surface area contributed by atoms with Crippen LogP contribution in [0, 0.1) is 28.6 Å². The van der Waals surface area contributed by atoms with Gasteiger partial charge in [-0.25, -0.2) is 0 Å². The Balaban J connectivity index is 2.37. The third kappa shape index (κ3) is 2.73. The van der Waals surface area contributed by atoms with Crippen molar-refractivity contribution in [3.63, 3.8) is 0 Å². The van der Waals surface area contributed by atoms with Crippen LogP contribution < -0.4 is 5.32 Å². The van der Waals surface area contributed by atoms with E-state index in [9.17, 15) is 4.79 Å². The summed E-state index contributed by atoms with van der Waals surface area (Å²) >= 11 is 0. The maximum Gasteiger partial charge on any atom is 0.237 e. The molecule has 3 heteroatoms. The zero-order valence-corrected chi connectivity index (χ0v) is 9.13.